The number of ether oxygens (including phenoxy) is 1. The molecule has 0 N–H and O–H groups in total. The van der Waals surface area contributed by atoms with Gasteiger partial charge >= 0.3 is 0 Å². The summed E-state index contributed by atoms with van der Waals surface area (Å²) >= 11 is 0. The molecule has 2 heterocycles. The molecule has 19 heavy (non-hydrogen) atoms. The number of hydrogen-bond donors (Lipinski definition) is 0. The molecule has 1 saturated heterocycles. The number of aromatic nitrogens is 2. The van der Waals surface area contributed by atoms with Crippen LogP contribution in [-0.4, -0.2) is 22.3 Å². The van der Waals surface area contributed by atoms with Crippen LogP contribution in [0.2, 0.25) is 0 Å². The maximum absolute atomic E-state index is 5.77. The van der Waals surface area contributed by atoms with E-state index < -0.39 is 0 Å². The SMILES string of the molecule is CC1(C)CC(c2noc(C3(C4CC4)CC3)n2)CCO1. The van der Waals surface area contributed by atoms with Crippen molar-refractivity contribution < 1.29 is 9.26 Å². The van der Waals surface area contributed by atoms with Gasteiger partial charge in [0.2, 0.25) is 5.89 Å². The summed E-state index contributed by atoms with van der Waals surface area (Å²) in [5, 5.41) is 4.28. The molecule has 2 aliphatic carbocycles. The molecule has 1 unspecified atom stereocenters. The Morgan fingerprint density at radius 1 is 1.16 bits per heavy atom. The lowest BCUT2D eigenvalue weighted by Crippen LogP contribution is -2.33. The summed E-state index contributed by atoms with van der Waals surface area (Å²) in [6, 6.07) is 0. The predicted octanol–water partition coefficient (Wildman–Crippen LogP) is 3.18. The van der Waals surface area contributed by atoms with Crippen LogP contribution >= 0.6 is 0 Å². The van der Waals surface area contributed by atoms with E-state index in [1.165, 1.54) is 25.7 Å². The lowest BCUT2D eigenvalue weighted by atomic mass is 9.88. The molecule has 3 aliphatic rings. The fourth-order valence-corrected chi connectivity index (χ4v) is 3.62. The van der Waals surface area contributed by atoms with E-state index in [9.17, 15) is 0 Å². The molecule has 4 nitrogen and oxygen atoms in total. The Balaban J connectivity index is 1.55. The molecule has 3 fully saturated rings. The van der Waals surface area contributed by atoms with Crippen LogP contribution in [0.5, 0.6) is 0 Å². The van der Waals surface area contributed by atoms with Crippen molar-refractivity contribution in [2.45, 2.75) is 69.3 Å². The third-order valence-corrected chi connectivity index (χ3v) is 5.08. The van der Waals surface area contributed by atoms with Gasteiger partial charge in [-0.3, -0.25) is 0 Å². The van der Waals surface area contributed by atoms with Gasteiger partial charge in [-0.15, -0.1) is 0 Å². The van der Waals surface area contributed by atoms with Crippen molar-refractivity contribution in [1.29, 1.82) is 0 Å². The summed E-state index contributed by atoms with van der Waals surface area (Å²) in [5.74, 6) is 3.07. The van der Waals surface area contributed by atoms with Crippen LogP contribution in [0.25, 0.3) is 0 Å². The summed E-state index contributed by atoms with van der Waals surface area (Å²) in [7, 11) is 0. The highest BCUT2D eigenvalue weighted by Crippen LogP contribution is 2.61. The van der Waals surface area contributed by atoms with E-state index in [2.05, 4.69) is 19.0 Å². The normalized spacial score (nSPS) is 32.2. The van der Waals surface area contributed by atoms with Crippen molar-refractivity contribution in [3.63, 3.8) is 0 Å². The Kier molecular flexibility index (Phi) is 2.39. The average molecular weight is 262 g/mol. The first kappa shape index (κ1) is 11.9. The number of nitrogens with zero attached hydrogens (tertiary/aromatic N) is 2. The topological polar surface area (TPSA) is 48.2 Å². The second-order valence-electron chi connectivity index (χ2n) is 7.19. The molecule has 0 spiro atoms. The Morgan fingerprint density at radius 2 is 1.95 bits per heavy atom. The number of hydrogen-bond acceptors (Lipinski definition) is 4. The van der Waals surface area contributed by atoms with E-state index in [0.717, 1.165) is 37.1 Å². The van der Waals surface area contributed by atoms with Gasteiger partial charge in [0.1, 0.15) is 0 Å². The molecular formula is C15H22N2O2. The average Bonchev–Trinajstić information content (AvgIpc) is 3.25. The second-order valence-corrected chi connectivity index (χ2v) is 7.19. The minimum atomic E-state index is -0.0581. The summed E-state index contributed by atoms with van der Waals surface area (Å²) in [4.78, 5) is 4.76. The van der Waals surface area contributed by atoms with Crippen molar-refractivity contribution in [1.82, 2.24) is 10.1 Å². The summed E-state index contributed by atoms with van der Waals surface area (Å²) in [5.41, 5.74) is 0.226. The van der Waals surface area contributed by atoms with Gasteiger partial charge in [-0.1, -0.05) is 5.16 Å². The molecule has 1 atom stereocenters. The minimum absolute atomic E-state index is 0.0581. The smallest absolute Gasteiger partial charge is 0.233 e. The monoisotopic (exact) mass is 262 g/mol. The molecular weight excluding hydrogens is 240 g/mol. The summed E-state index contributed by atoms with van der Waals surface area (Å²) in [6.07, 6.45) is 7.20. The van der Waals surface area contributed by atoms with Crippen molar-refractivity contribution in [3.05, 3.63) is 11.7 Å². The highest BCUT2D eigenvalue weighted by atomic mass is 16.5. The van der Waals surface area contributed by atoms with Crippen LogP contribution in [0.4, 0.5) is 0 Å². The zero-order valence-electron chi connectivity index (χ0n) is 11.8. The van der Waals surface area contributed by atoms with E-state index in [0.29, 0.717) is 5.92 Å². The molecule has 104 valence electrons. The standard InChI is InChI=1S/C15H22N2O2/c1-14(2)9-10(5-8-18-14)12-16-13(19-17-12)15(6-7-15)11-3-4-11/h10-11H,3-9H2,1-2H3. The first-order chi connectivity index (χ1) is 9.09. The van der Waals surface area contributed by atoms with Gasteiger partial charge < -0.3 is 9.26 Å². The van der Waals surface area contributed by atoms with E-state index in [4.69, 9.17) is 14.2 Å². The van der Waals surface area contributed by atoms with Gasteiger partial charge in [-0.05, 0) is 58.3 Å². The Morgan fingerprint density at radius 3 is 2.58 bits per heavy atom. The van der Waals surface area contributed by atoms with Crippen LogP contribution in [-0.2, 0) is 10.2 Å². The van der Waals surface area contributed by atoms with Crippen molar-refractivity contribution in [2.75, 3.05) is 6.61 Å². The number of rotatable bonds is 3. The molecule has 1 aromatic heterocycles. The molecule has 1 aliphatic heterocycles. The highest BCUT2D eigenvalue weighted by molar-refractivity contribution is 5.22. The molecule has 2 saturated carbocycles. The molecule has 4 rings (SSSR count). The summed E-state index contributed by atoms with van der Waals surface area (Å²) in [6.45, 7) is 5.09. The van der Waals surface area contributed by atoms with E-state index >= 15 is 0 Å². The van der Waals surface area contributed by atoms with Crippen molar-refractivity contribution in [3.8, 4) is 0 Å². The van der Waals surface area contributed by atoms with Crippen LogP contribution in [0.15, 0.2) is 4.52 Å². The molecule has 0 radical (unpaired) electrons. The van der Waals surface area contributed by atoms with Crippen LogP contribution < -0.4 is 0 Å². The molecule has 0 bridgehead atoms. The van der Waals surface area contributed by atoms with Crippen LogP contribution in [0, 0.1) is 5.92 Å². The third-order valence-electron chi connectivity index (χ3n) is 5.08. The zero-order valence-corrected chi connectivity index (χ0v) is 11.8. The van der Waals surface area contributed by atoms with Gasteiger partial charge in [0, 0.05) is 12.5 Å². The Labute approximate surface area is 113 Å². The minimum Gasteiger partial charge on any atom is -0.376 e. The van der Waals surface area contributed by atoms with E-state index in [1.807, 2.05) is 0 Å². The Bertz CT molecular complexity index is 486. The van der Waals surface area contributed by atoms with Gasteiger partial charge in [0.15, 0.2) is 5.82 Å². The fourth-order valence-electron chi connectivity index (χ4n) is 3.62. The molecule has 4 heteroatoms. The van der Waals surface area contributed by atoms with Crippen molar-refractivity contribution in [2.24, 2.45) is 5.92 Å². The molecule has 0 amide bonds. The predicted molar refractivity (Wildman–Crippen MR) is 69.9 cm³/mol. The maximum atomic E-state index is 5.77. The van der Waals surface area contributed by atoms with Gasteiger partial charge in [0.05, 0.1) is 11.0 Å². The lowest BCUT2D eigenvalue weighted by molar-refractivity contribution is -0.0604. The quantitative estimate of drug-likeness (QED) is 0.839. The van der Waals surface area contributed by atoms with Gasteiger partial charge in [0.25, 0.3) is 0 Å². The zero-order chi connectivity index (χ0) is 13.1. The Hall–Kier alpha value is -0.900. The molecule has 1 aromatic rings. The first-order valence-electron chi connectivity index (χ1n) is 7.57. The molecule has 0 aromatic carbocycles. The van der Waals surface area contributed by atoms with Gasteiger partial charge in [-0.25, -0.2) is 0 Å². The summed E-state index contributed by atoms with van der Waals surface area (Å²) < 4.78 is 11.4. The van der Waals surface area contributed by atoms with E-state index in [-0.39, 0.29) is 11.0 Å². The largest absolute Gasteiger partial charge is 0.376 e. The van der Waals surface area contributed by atoms with Crippen LogP contribution in [0.1, 0.15) is 70.0 Å². The fraction of sp³-hybridized carbons (Fsp3) is 0.867. The first-order valence-corrected chi connectivity index (χ1v) is 7.57. The highest BCUT2D eigenvalue weighted by Gasteiger charge is 2.59. The second kappa shape index (κ2) is 3.81. The maximum Gasteiger partial charge on any atom is 0.233 e. The third kappa shape index (κ3) is 2.00. The van der Waals surface area contributed by atoms with Crippen molar-refractivity contribution >= 4 is 0 Å². The van der Waals surface area contributed by atoms with Gasteiger partial charge in [-0.2, -0.15) is 4.98 Å². The lowest BCUT2D eigenvalue weighted by Gasteiger charge is -2.34. The van der Waals surface area contributed by atoms with E-state index in [1.54, 1.807) is 0 Å². The van der Waals surface area contributed by atoms with Crippen LogP contribution in [0.3, 0.4) is 0 Å².